The largest absolute Gasteiger partial charge is 0.309 e. The molecule has 5 heteroatoms. The maximum Gasteiger partial charge on any atom is 0.164 e. The van der Waals surface area contributed by atoms with Crippen LogP contribution in [0.3, 0.4) is 0 Å². The van der Waals surface area contributed by atoms with Crippen molar-refractivity contribution in [2.45, 2.75) is 12.3 Å². The van der Waals surface area contributed by atoms with E-state index in [0.29, 0.717) is 17.5 Å². The van der Waals surface area contributed by atoms with Gasteiger partial charge in [0.15, 0.2) is 17.5 Å². The van der Waals surface area contributed by atoms with E-state index in [1.165, 1.54) is 71.8 Å². The van der Waals surface area contributed by atoms with Crippen molar-refractivity contribution in [1.82, 2.24) is 24.1 Å². The molecule has 0 amide bonds. The third-order valence-electron chi connectivity index (χ3n) is 12.9. The molecule has 0 bridgehead atoms. The second kappa shape index (κ2) is 12.3. The van der Waals surface area contributed by atoms with E-state index in [1.54, 1.807) is 0 Å². The van der Waals surface area contributed by atoms with E-state index in [2.05, 4.69) is 174 Å². The van der Waals surface area contributed by atoms with Crippen LogP contribution in [0.25, 0.3) is 101 Å². The van der Waals surface area contributed by atoms with Crippen molar-refractivity contribution in [3.8, 4) is 67.9 Å². The fourth-order valence-electron chi connectivity index (χ4n) is 10.3. The Morgan fingerprint density at radius 2 is 0.983 bits per heavy atom. The maximum absolute atomic E-state index is 5.20. The van der Waals surface area contributed by atoms with Gasteiger partial charge in [0.1, 0.15) is 0 Å². The lowest BCUT2D eigenvalue weighted by molar-refractivity contribution is 0.718. The zero-order chi connectivity index (χ0) is 39.5. The average molecular weight is 766 g/mol. The van der Waals surface area contributed by atoms with Crippen molar-refractivity contribution in [2.24, 2.45) is 0 Å². The standard InChI is InChI=1S/C55H35N5/c1-55-43-25-15-14-24-41(43)51-49(55)48-46(59(51)39-22-12-5-13-23-39)31-28-40-42-32-37(34-16-6-2-7-17-34)27-30-45(42)60(50(40)48)47-33-38(26-29-44(47)55)54-57-52(35-18-8-3-9-19-35)56-53(58-54)36-20-10-4-11-21-36/h2-33H,1H3. The summed E-state index contributed by atoms with van der Waals surface area (Å²) in [6, 6.07) is 69.6. The highest BCUT2D eigenvalue weighted by molar-refractivity contribution is 6.23. The fraction of sp³-hybridized carbons (Fsp3) is 0.0364. The molecule has 3 aromatic heterocycles. The smallest absolute Gasteiger partial charge is 0.164 e. The van der Waals surface area contributed by atoms with Gasteiger partial charge in [0, 0.05) is 55.1 Å². The molecule has 2 aliphatic rings. The third-order valence-corrected chi connectivity index (χ3v) is 12.9. The molecule has 5 nitrogen and oxygen atoms in total. The predicted molar refractivity (Wildman–Crippen MR) is 244 cm³/mol. The first-order chi connectivity index (χ1) is 29.6. The van der Waals surface area contributed by atoms with Crippen molar-refractivity contribution in [2.75, 3.05) is 0 Å². The molecule has 1 unspecified atom stereocenters. The summed E-state index contributed by atoms with van der Waals surface area (Å²) in [4.78, 5) is 15.4. The molecular weight excluding hydrogens is 731 g/mol. The SMILES string of the molecule is CC12c3ccccc3-c3c1c1c(ccc4c5cc(-c6ccccc6)ccc5n(c41)-c1cc(-c4nc(-c5ccccc5)nc(-c5ccccc5)n4)ccc12)n3-c1ccccc1. The molecule has 0 fully saturated rings. The van der Waals surface area contributed by atoms with Gasteiger partial charge < -0.3 is 9.13 Å². The van der Waals surface area contributed by atoms with Gasteiger partial charge in [0.2, 0.25) is 0 Å². The maximum atomic E-state index is 5.20. The summed E-state index contributed by atoms with van der Waals surface area (Å²) in [6.07, 6.45) is 0. The quantitative estimate of drug-likeness (QED) is 0.175. The minimum absolute atomic E-state index is 0.467. The summed E-state index contributed by atoms with van der Waals surface area (Å²) < 4.78 is 5.05. The van der Waals surface area contributed by atoms with Crippen molar-refractivity contribution in [3.63, 3.8) is 0 Å². The zero-order valence-electron chi connectivity index (χ0n) is 32.7. The Morgan fingerprint density at radius 1 is 0.417 bits per heavy atom. The topological polar surface area (TPSA) is 48.5 Å². The molecule has 60 heavy (non-hydrogen) atoms. The molecule has 0 N–H and O–H groups in total. The van der Waals surface area contributed by atoms with Crippen LogP contribution < -0.4 is 0 Å². The first kappa shape index (κ1) is 33.1. The minimum atomic E-state index is -0.467. The van der Waals surface area contributed by atoms with Gasteiger partial charge >= 0.3 is 0 Å². The lowest BCUT2D eigenvalue weighted by Gasteiger charge is -2.29. The van der Waals surface area contributed by atoms with E-state index in [0.717, 1.165) is 28.1 Å². The molecule has 0 saturated heterocycles. The van der Waals surface area contributed by atoms with Crippen LogP contribution in [-0.2, 0) is 5.41 Å². The van der Waals surface area contributed by atoms with Crippen LogP contribution >= 0.6 is 0 Å². The van der Waals surface area contributed by atoms with Crippen molar-refractivity contribution < 1.29 is 0 Å². The van der Waals surface area contributed by atoms with E-state index in [1.807, 2.05) is 36.4 Å². The monoisotopic (exact) mass is 765 g/mol. The number of hydrogen-bond acceptors (Lipinski definition) is 3. The van der Waals surface area contributed by atoms with Crippen molar-refractivity contribution in [3.05, 3.63) is 211 Å². The van der Waals surface area contributed by atoms with Crippen molar-refractivity contribution in [1.29, 1.82) is 0 Å². The van der Waals surface area contributed by atoms with Gasteiger partial charge in [0.05, 0.1) is 27.9 Å². The molecule has 1 aliphatic heterocycles. The van der Waals surface area contributed by atoms with Gasteiger partial charge in [-0.2, -0.15) is 0 Å². The Kier molecular flexibility index (Phi) is 6.79. The molecule has 4 heterocycles. The predicted octanol–water partition coefficient (Wildman–Crippen LogP) is 13.2. The zero-order valence-corrected chi connectivity index (χ0v) is 32.7. The highest BCUT2D eigenvalue weighted by atomic mass is 15.1. The second-order valence-electron chi connectivity index (χ2n) is 16.1. The highest BCUT2D eigenvalue weighted by Crippen LogP contribution is 2.61. The van der Waals surface area contributed by atoms with Gasteiger partial charge in [-0.3, -0.25) is 0 Å². The molecule has 11 aromatic rings. The van der Waals surface area contributed by atoms with Crippen molar-refractivity contribution >= 4 is 32.7 Å². The minimum Gasteiger partial charge on any atom is -0.309 e. The molecule has 0 spiro atoms. The number of aromatic nitrogens is 5. The average Bonchev–Trinajstić information content (AvgIpc) is 3.91. The van der Waals surface area contributed by atoms with E-state index in [9.17, 15) is 0 Å². The Hall–Kier alpha value is -7.89. The fourth-order valence-corrected chi connectivity index (χ4v) is 10.3. The first-order valence-corrected chi connectivity index (χ1v) is 20.5. The summed E-state index contributed by atoms with van der Waals surface area (Å²) in [5, 5.41) is 3.75. The van der Waals surface area contributed by atoms with Gasteiger partial charge in [-0.05, 0) is 65.6 Å². The van der Waals surface area contributed by atoms with Crippen LogP contribution in [0.5, 0.6) is 0 Å². The normalized spacial score (nSPS) is 14.8. The summed E-state index contributed by atoms with van der Waals surface area (Å²) in [7, 11) is 0. The van der Waals surface area contributed by atoms with E-state index in [-0.39, 0.29) is 0 Å². The van der Waals surface area contributed by atoms with Gasteiger partial charge in [-0.15, -0.1) is 0 Å². The Bertz CT molecular complexity index is 3470. The number of hydrogen-bond donors (Lipinski definition) is 0. The van der Waals surface area contributed by atoms with E-state index < -0.39 is 5.41 Å². The summed E-state index contributed by atoms with van der Waals surface area (Å²) in [5.74, 6) is 1.93. The van der Waals surface area contributed by atoms with Gasteiger partial charge in [-0.25, -0.2) is 15.0 Å². The van der Waals surface area contributed by atoms with E-state index >= 15 is 0 Å². The van der Waals surface area contributed by atoms with Crippen LogP contribution in [0, 0.1) is 0 Å². The summed E-state index contributed by atoms with van der Waals surface area (Å²) in [6.45, 7) is 2.44. The number of nitrogens with zero attached hydrogens (tertiary/aromatic N) is 5. The Labute approximate surface area is 346 Å². The third kappa shape index (κ3) is 4.49. The van der Waals surface area contributed by atoms with Crippen LogP contribution in [0.1, 0.15) is 23.6 Å². The molecule has 0 saturated carbocycles. The van der Waals surface area contributed by atoms with Gasteiger partial charge in [0.25, 0.3) is 0 Å². The molecule has 13 rings (SSSR count). The molecule has 1 aliphatic carbocycles. The number of para-hydroxylation sites is 1. The van der Waals surface area contributed by atoms with Crippen LogP contribution in [-0.4, -0.2) is 24.1 Å². The van der Waals surface area contributed by atoms with Gasteiger partial charge in [-0.1, -0.05) is 158 Å². The lowest BCUT2D eigenvalue weighted by Crippen LogP contribution is -2.23. The molecular formula is C55H35N5. The summed E-state index contributed by atoms with van der Waals surface area (Å²) in [5.41, 5.74) is 17.1. The first-order valence-electron chi connectivity index (χ1n) is 20.5. The van der Waals surface area contributed by atoms with Crippen LogP contribution in [0.15, 0.2) is 194 Å². The second-order valence-corrected chi connectivity index (χ2v) is 16.1. The molecule has 280 valence electrons. The number of benzene rings is 8. The number of fused-ring (bicyclic) bond motifs is 9. The molecule has 8 aromatic carbocycles. The number of rotatable bonds is 5. The lowest BCUT2D eigenvalue weighted by atomic mass is 9.73. The summed E-state index contributed by atoms with van der Waals surface area (Å²) >= 11 is 0. The van der Waals surface area contributed by atoms with Crippen LogP contribution in [0.4, 0.5) is 0 Å². The Morgan fingerprint density at radius 3 is 1.67 bits per heavy atom. The molecule has 1 atom stereocenters. The molecule has 0 radical (unpaired) electrons. The highest BCUT2D eigenvalue weighted by Gasteiger charge is 2.48. The Balaban J connectivity index is 1.17. The van der Waals surface area contributed by atoms with Crippen LogP contribution in [0.2, 0.25) is 0 Å². The van der Waals surface area contributed by atoms with E-state index in [4.69, 9.17) is 15.0 Å².